The molecule has 2 rings (SSSR count). The largest absolute Gasteiger partial charge is 0.493 e. The molecule has 0 radical (unpaired) electrons. The molecule has 0 aromatic heterocycles. The maximum atomic E-state index is 14.2. The van der Waals surface area contributed by atoms with Gasteiger partial charge in [0.25, 0.3) is 0 Å². The molecule has 128 valence electrons. The molecule has 2 nitrogen and oxygen atoms in total. The lowest BCUT2D eigenvalue weighted by atomic mass is 10.0. The fourth-order valence-corrected chi connectivity index (χ4v) is 2.93. The first-order chi connectivity index (χ1) is 11.6. The van der Waals surface area contributed by atoms with Crippen molar-refractivity contribution in [3.05, 3.63) is 63.9 Å². The second kappa shape index (κ2) is 9.94. The SMILES string of the molecule is O=C(c1ccc(Br)cc1)c1ccc(OCCCCCCBr)cc1F. The summed E-state index contributed by atoms with van der Waals surface area (Å²) in [6.45, 7) is 0.557. The molecule has 0 aliphatic carbocycles. The standard InChI is InChI=1S/C19H19Br2FO2/c20-11-3-1-2-4-12-24-16-9-10-17(18(22)13-16)19(23)14-5-7-15(21)8-6-14/h5-10,13H,1-4,11-12H2. The average molecular weight is 458 g/mol. The van der Waals surface area contributed by atoms with Crippen molar-refractivity contribution in [2.45, 2.75) is 25.7 Å². The summed E-state index contributed by atoms with van der Waals surface area (Å²) >= 11 is 6.71. The smallest absolute Gasteiger partial charge is 0.195 e. The molecule has 2 aromatic rings. The fourth-order valence-electron chi connectivity index (χ4n) is 2.27. The lowest BCUT2D eigenvalue weighted by molar-refractivity contribution is 0.103. The van der Waals surface area contributed by atoms with Gasteiger partial charge in [0.05, 0.1) is 12.2 Å². The van der Waals surface area contributed by atoms with Gasteiger partial charge in [0, 0.05) is 21.4 Å². The molecule has 0 unspecified atom stereocenters. The first-order valence-corrected chi connectivity index (χ1v) is 9.82. The van der Waals surface area contributed by atoms with Crippen LogP contribution in [0.3, 0.4) is 0 Å². The van der Waals surface area contributed by atoms with Crippen molar-refractivity contribution in [1.29, 1.82) is 0 Å². The molecule has 0 aliphatic heterocycles. The van der Waals surface area contributed by atoms with Gasteiger partial charge in [-0.05, 0) is 49.2 Å². The number of carbonyl (C=O) groups is 1. The van der Waals surface area contributed by atoms with E-state index in [0.717, 1.165) is 35.5 Å². The molecule has 0 amide bonds. The van der Waals surface area contributed by atoms with Crippen molar-refractivity contribution in [1.82, 2.24) is 0 Å². The van der Waals surface area contributed by atoms with E-state index in [-0.39, 0.29) is 11.3 Å². The van der Waals surface area contributed by atoms with Crippen molar-refractivity contribution in [3.8, 4) is 5.75 Å². The predicted octanol–water partition coefficient (Wildman–Crippen LogP) is 6.15. The quantitative estimate of drug-likeness (QED) is 0.256. The van der Waals surface area contributed by atoms with Gasteiger partial charge >= 0.3 is 0 Å². The van der Waals surface area contributed by atoms with Gasteiger partial charge < -0.3 is 4.74 Å². The van der Waals surface area contributed by atoms with Gasteiger partial charge in [0.1, 0.15) is 11.6 Å². The molecule has 0 fully saturated rings. The van der Waals surface area contributed by atoms with Gasteiger partial charge in [-0.25, -0.2) is 4.39 Å². The van der Waals surface area contributed by atoms with E-state index < -0.39 is 5.82 Å². The number of rotatable bonds is 9. The van der Waals surface area contributed by atoms with Crippen LogP contribution >= 0.6 is 31.9 Å². The van der Waals surface area contributed by atoms with Crippen LogP contribution in [0, 0.1) is 5.82 Å². The van der Waals surface area contributed by atoms with E-state index >= 15 is 0 Å². The Hall–Kier alpha value is -1.20. The minimum absolute atomic E-state index is 0.0574. The van der Waals surface area contributed by atoms with Crippen LogP contribution in [0.1, 0.15) is 41.6 Å². The van der Waals surface area contributed by atoms with Gasteiger partial charge in [0.2, 0.25) is 0 Å². The van der Waals surface area contributed by atoms with Crippen molar-refractivity contribution in [2.24, 2.45) is 0 Å². The topological polar surface area (TPSA) is 26.3 Å². The second-order valence-electron chi connectivity index (χ2n) is 5.43. The Kier molecular flexibility index (Phi) is 7.92. The number of unbranched alkanes of at least 4 members (excludes halogenated alkanes) is 3. The highest BCUT2D eigenvalue weighted by atomic mass is 79.9. The molecule has 0 N–H and O–H groups in total. The summed E-state index contributed by atoms with van der Waals surface area (Å²) in [5, 5.41) is 1.02. The van der Waals surface area contributed by atoms with Crippen LogP contribution < -0.4 is 4.74 Å². The number of ketones is 1. The minimum atomic E-state index is -0.556. The third-order valence-corrected chi connectivity index (χ3v) is 4.68. The molecule has 0 spiro atoms. The summed E-state index contributed by atoms with van der Waals surface area (Å²) in [6.07, 6.45) is 4.34. The molecule has 24 heavy (non-hydrogen) atoms. The Balaban J connectivity index is 1.94. The number of hydrogen-bond acceptors (Lipinski definition) is 2. The summed E-state index contributed by atoms with van der Waals surface area (Å²) in [5.41, 5.74) is 0.513. The summed E-state index contributed by atoms with van der Waals surface area (Å²) in [4.78, 5) is 12.4. The van der Waals surface area contributed by atoms with Gasteiger partial charge in [-0.1, -0.05) is 44.7 Å². The summed E-state index contributed by atoms with van der Waals surface area (Å²) in [7, 11) is 0. The normalized spacial score (nSPS) is 10.6. The molecule has 0 aliphatic rings. The molecule has 5 heteroatoms. The monoisotopic (exact) mass is 456 g/mol. The molecule has 0 saturated carbocycles. The number of halogens is 3. The highest BCUT2D eigenvalue weighted by molar-refractivity contribution is 9.10. The van der Waals surface area contributed by atoms with Gasteiger partial charge in [-0.2, -0.15) is 0 Å². The highest BCUT2D eigenvalue weighted by Gasteiger charge is 2.14. The third-order valence-electron chi connectivity index (χ3n) is 3.59. The molecular weight excluding hydrogens is 439 g/mol. The van der Waals surface area contributed by atoms with E-state index in [1.54, 1.807) is 30.3 Å². The molecule has 0 bridgehead atoms. The zero-order chi connectivity index (χ0) is 17.4. The lowest BCUT2D eigenvalue weighted by Gasteiger charge is -2.08. The zero-order valence-corrected chi connectivity index (χ0v) is 16.4. The van der Waals surface area contributed by atoms with Crippen LogP contribution in [-0.4, -0.2) is 17.7 Å². The minimum Gasteiger partial charge on any atom is -0.493 e. The Morgan fingerprint density at radius 1 is 1.00 bits per heavy atom. The zero-order valence-electron chi connectivity index (χ0n) is 13.2. The van der Waals surface area contributed by atoms with E-state index in [0.29, 0.717) is 17.9 Å². The first kappa shape index (κ1) is 19.1. The van der Waals surface area contributed by atoms with E-state index in [4.69, 9.17) is 4.74 Å². The Morgan fingerprint density at radius 3 is 2.38 bits per heavy atom. The Labute approximate surface area is 158 Å². The molecular formula is C19H19Br2FO2. The van der Waals surface area contributed by atoms with Gasteiger partial charge in [-0.15, -0.1) is 0 Å². The molecule has 0 heterocycles. The van der Waals surface area contributed by atoms with E-state index in [9.17, 15) is 9.18 Å². The van der Waals surface area contributed by atoms with E-state index in [2.05, 4.69) is 31.9 Å². The van der Waals surface area contributed by atoms with E-state index in [1.165, 1.54) is 12.1 Å². The van der Waals surface area contributed by atoms with E-state index in [1.807, 2.05) is 0 Å². The van der Waals surface area contributed by atoms with Crippen LogP contribution in [0.15, 0.2) is 46.9 Å². The molecule has 2 aromatic carbocycles. The third kappa shape index (κ3) is 5.71. The number of benzene rings is 2. The Morgan fingerprint density at radius 2 is 1.71 bits per heavy atom. The second-order valence-corrected chi connectivity index (χ2v) is 7.14. The average Bonchev–Trinajstić information content (AvgIpc) is 2.58. The molecule has 0 saturated heterocycles. The Bertz CT molecular complexity index is 672. The van der Waals surface area contributed by atoms with Crippen molar-refractivity contribution in [3.63, 3.8) is 0 Å². The maximum absolute atomic E-state index is 14.2. The number of ether oxygens (including phenoxy) is 1. The number of carbonyl (C=O) groups excluding carboxylic acids is 1. The first-order valence-electron chi connectivity index (χ1n) is 7.90. The lowest BCUT2D eigenvalue weighted by Crippen LogP contribution is -2.05. The fraction of sp³-hybridized carbons (Fsp3) is 0.316. The van der Waals surface area contributed by atoms with Crippen LogP contribution in [0.5, 0.6) is 5.75 Å². The van der Waals surface area contributed by atoms with Gasteiger partial charge in [-0.3, -0.25) is 4.79 Å². The van der Waals surface area contributed by atoms with Gasteiger partial charge in [0.15, 0.2) is 5.78 Å². The van der Waals surface area contributed by atoms with Crippen LogP contribution in [0.25, 0.3) is 0 Å². The maximum Gasteiger partial charge on any atom is 0.195 e. The van der Waals surface area contributed by atoms with Crippen molar-refractivity contribution in [2.75, 3.05) is 11.9 Å². The van der Waals surface area contributed by atoms with Crippen LogP contribution in [0.2, 0.25) is 0 Å². The number of alkyl halides is 1. The predicted molar refractivity (Wildman–Crippen MR) is 102 cm³/mol. The summed E-state index contributed by atoms with van der Waals surface area (Å²) in [6, 6.07) is 11.3. The highest BCUT2D eigenvalue weighted by Crippen LogP contribution is 2.21. The summed E-state index contributed by atoms with van der Waals surface area (Å²) in [5.74, 6) is -0.429. The molecule has 0 atom stereocenters. The van der Waals surface area contributed by atoms with Crippen molar-refractivity contribution >= 4 is 37.6 Å². The van der Waals surface area contributed by atoms with Crippen LogP contribution in [0.4, 0.5) is 4.39 Å². The number of hydrogen-bond donors (Lipinski definition) is 0. The summed E-state index contributed by atoms with van der Waals surface area (Å²) < 4.78 is 20.7. The van der Waals surface area contributed by atoms with Crippen LogP contribution in [-0.2, 0) is 0 Å². The van der Waals surface area contributed by atoms with Crippen molar-refractivity contribution < 1.29 is 13.9 Å².